The summed E-state index contributed by atoms with van der Waals surface area (Å²) >= 11 is 0. The highest BCUT2D eigenvalue weighted by Crippen LogP contribution is 2.36. The smallest absolute Gasteiger partial charge is 0.261 e. The molecule has 4 aromatic carbocycles. The average Bonchev–Trinajstić information content (AvgIpc) is 3.08. The van der Waals surface area contributed by atoms with Gasteiger partial charge in [-0.3, -0.25) is 29.0 Å². The van der Waals surface area contributed by atoms with E-state index in [2.05, 4.69) is 23.3 Å². The SMILES string of the molecule is C=CN(C)c1ccc2c3c(cccc13)C(=O)N(CCN(C)CCCN(C)C(CC)CN1C(=O)c3cccc4cccc(c34)C1=O)C2=O. The lowest BCUT2D eigenvalue weighted by Crippen LogP contribution is -2.49. The second-order valence-electron chi connectivity index (χ2n) is 12.5. The molecule has 0 fully saturated rings. The van der Waals surface area contributed by atoms with Crippen molar-refractivity contribution in [3.63, 3.8) is 0 Å². The van der Waals surface area contributed by atoms with Crippen LogP contribution in [0.25, 0.3) is 21.5 Å². The van der Waals surface area contributed by atoms with Crippen LogP contribution in [-0.2, 0) is 0 Å². The summed E-state index contributed by atoms with van der Waals surface area (Å²) in [5.74, 6) is -1.02. The van der Waals surface area contributed by atoms with Gasteiger partial charge in [0.05, 0.1) is 0 Å². The molecule has 2 aliphatic heterocycles. The Labute approximate surface area is 275 Å². The maximum Gasteiger partial charge on any atom is 0.261 e. The standard InChI is InChI=1S/C38H41N5O4/c1-6-26(24-43-37(46)28-15-8-12-25-13-9-16-29(33(25)28)38(43)47)41(5)21-11-20-39(3)22-23-42-35(44)30-17-10-14-27-32(40(4)7-2)19-18-31(34(27)30)36(42)45/h7-10,12-19,26H,2,6,11,20-24H2,1,3-5H3. The Morgan fingerprint density at radius 1 is 0.702 bits per heavy atom. The van der Waals surface area contributed by atoms with Crippen molar-refractivity contribution in [1.82, 2.24) is 19.6 Å². The molecule has 0 aromatic heterocycles. The Balaban J connectivity index is 1.04. The molecule has 0 N–H and O–H groups in total. The van der Waals surface area contributed by atoms with Gasteiger partial charge in [0.15, 0.2) is 0 Å². The first-order chi connectivity index (χ1) is 22.7. The Bertz CT molecular complexity index is 1850. The normalized spacial score (nSPS) is 15.0. The average molecular weight is 632 g/mol. The van der Waals surface area contributed by atoms with Crippen molar-refractivity contribution in [3.8, 4) is 0 Å². The number of likely N-dealkylation sites (N-methyl/N-ethyl adjacent to an activating group) is 2. The molecule has 0 saturated heterocycles. The van der Waals surface area contributed by atoms with E-state index in [0.717, 1.165) is 47.8 Å². The van der Waals surface area contributed by atoms with Crippen LogP contribution in [-0.4, -0.2) is 103 Å². The molecule has 0 saturated carbocycles. The summed E-state index contributed by atoms with van der Waals surface area (Å²) < 4.78 is 0. The van der Waals surface area contributed by atoms with Gasteiger partial charge in [0.25, 0.3) is 23.6 Å². The van der Waals surface area contributed by atoms with Gasteiger partial charge in [-0.05, 0) is 81.9 Å². The molecule has 4 amide bonds. The number of nitrogens with zero attached hydrogens (tertiary/aromatic N) is 5. The van der Waals surface area contributed by atoms with E-state index in [1.807, 2.05) is 68.5 Å². The monoisotopic (exact) mass is 631 g/mol. The third-order valence-electron chi connectivity index (χ3n) is 9.72. The molecule has 9 nitrogen and oxygen atoms in total. The Morgan fingerprint density at radius 2 is 1.28 bits per heavy atom. The zero-order valence-electron chi connectivity index (χ0n) is 27.5. The van der Waals surface area contributed by atoms with E-state index in [0.29, 0.717) is 47.3 Å². The lowest BCUT2D eigenvalue weighted by Gasteiger charge is -2.34. The van der Waals surface area contributed by atoms with Crippen molar-refractivity contribution >= 4 is 50.9 Å². The lowest BCUT2D eigenvalue weighted by molar-refractivity contribution is 0.0553. The van der Waals surface area contributed by atoms with Gasteiger partial charge in [-0.25, -0.2) is 0 Å². The molecular formula is C38H41N5O4. The molecule has 0 bridgehead atoms. The third kappa shape index (κ3) is 5.70. The topological polar surface area (TPSA) is 84.5 Å². The number of carbonyl (C=O) groups excluding carboxylic acids is 4. The minimum Gasteiger partial charge on any atom is -0.351 e. The maximum atomic E-state index is 13.5. The van der Waals surface area contributed by atoms with Crippen molar-refractivity contribution < 1.29 is 19.2 Å². The zero-order chi connectivity index (χ0) is 33.4. The zero-order valence-corrected chi connectivity index (χ0v) is 27.5. The van der Waals surface area contributed by atoms with Gasteiger partial charge in [-0.1, -0.05) is 49.9 Å². The summed E-state index contributed by atoms with van der Waals surface area (Å²) in [5.41, 5.74) is 3.12. The van der Waals surface area contributed by atoms with Crippen LogP contribution < -0.4 is 4.90 Å². The van der Waals surface area contributed by atoms with Crippen LogP contribution in [0.5, 0.6) is 0 Å². The fourth-order valence-corrected chi connectivity index (χ4v) is 6.93. The molecule has 0 aliphatic carbocycles. The van der Waals surface area contributed by atoms with E-state index < -0.39 is 0 Å². The summed E-state index contributed by atoms with van der Waals surface area (Å²) in [7, 11) is 5.91. The van der Waals surface area contributed by atoms with Gasteiger partial charge >= 0.3 is 0 Å². The number of amides is 4. The number of anilines is 1. The van der Waals surface area contributed by atoms with Crippen LogP contribution in [0.1, 0.15) is 61.2 Å². The summed E-state index contributed by atoms with van der Waals surface area (Å²) in [6.45, 7) is 8.60. The van der Waals surface area contributed by atoms with Crippen molar-refractivity contribution in [3.05, 3.63) is 102 Å². The van der Waals surface area contributed by atoms with Gasteiger partial charge in [0.1, 0.15) is 0 Å². The molecule has 47 heavy (non-hydrogen) atoms. The summed E-state index contributed by atoms with van der Waals surface area (Å²) in [6, 6.07) is 20.5. The predicted octanol–water partition coefficient (Wildman–Crippen LogP) is 5.50. The van der Waals surface area contributed by atoms with Gasteiger partial charge in [0.2, 0.25) is 0 Å². The molecule has 1 atom stereocenters. The number of carbonyl (C=O) groups is 4. The van der Waals surface area contributed by atoms with Crippen LogP contribution in [0.15, 0.2) is 79.5 Å². The quantitative estimate of drug-likeness (QED) is 0.180. The number of hydrogen-bond donors (Lipinski definition) is 0. The van der Waals surface area contributed by atoms with Crippen molar-refractivity contribution in [2.45, 2.75) is 25.8 Å². The van der Waals surface area contributed by atoms with E-state index in [-0.39, 0.29) is 29.7 Å². The molecule has 242 valence electrons. The fourth-order valence-electron chi connectivity index (χ4n) is 6.93. The van der Waals surface area contributed by atoms with Crippen molar-refractivity contribution in [2.24, 2.45) is 0 Å². The number of hydrogen-bond acceptors (Lipinski definition) is 7. The summed E-state index contributed by atoms with van der Waals surface area (Å²) in [5, 5.41) is 3.19. The van der Waals surface area contributed by atoms with Gasteiger partial charge in [-0.15, -0.1) is 0 Å². The second-order valence-corrected chi connectivity index (χ2v) is 12.5. The van der Waals surface area contributed by atoms with Gasteiger partial charge in [-0.2, -0.15) is 0 Å². The second kappa shape index (κ2) is 13.1. The number of rotatable bonds is 13. The minimum atomic E-state index is -0.272. The molecule has 9 heteroatoms. The van der Waals surface area contributed by atoms with Crippen LogP contribution in [0, 0.1) is 0 Å². The molecule has 2 heterocycles. The molecule has 0 spiro atoms. The Hall–Kier alpha value is -4.86. The van der Waals surface area contributed by atoms with E-state index in [9.17, 15) is 19.2 Å². The lowest BCUT2D eigenvalue weighted by atomic mass is 9.93. The van der Waals surface area contributed by atoms with E-state index >= 15 is 0 Å². The van der Waals surface area contributed by atoms with E-state index in [4.69, 9.17) is 0 Å². The van der Waals surface area contributed by atoms with Crippen LogP contribution >= 0.6 is 0 Å². The minimum absolute atomic E-state index is 0.0100. The van der Waals surface area contributed by atoms with E-state index in [1.165, 1.54) is 9.80 Å². The highest BCUT2D eigenvalue weighted by atomic mass is 16.2. The fraction of sp³-hybridized carbons (Fsp3) is 0.316. The first-order valence-electron chi connectivity index (χ1n) is 16.2. The largest absolute Gasteiger partial charge is 0.351 e. The number of benzene rings is 4. The molecule has 0 radical (unpaired) electrons. The predicted molar refractivity (Wildman–Crippen MR) is 186 cm³/mol. The maximum absolute atomic E-state index is 13.5. The van der Waals surface area contributed by atoms with Gasteiger partial charge in [0, 0.05) is 76.8 Å². The third-order valence-corrected chi connectivity index (χ3v) is 9.72. The van der Waals surface area contributed by atoms with E-state index in [1.54, 1.807) is 30.5 Å². The van der Waals surface area contributed by atoms with Crippen LogP contribution in [0.3, 0.4) is 0 Å². The molecule has 1 unspecified atom stereocenters. The van der Waals surface area contributed by atoms with Gasteiger partial charge < -0.3 is 14.7 Å². The Morgan fingerprint density at radius 3 is 1.89 bits per heavy atom. The molecule has 4 aromatic rings. The van der Waals surface area contributed by atoms with Crippen molar-refractivity contribution in [1.29, 1.82) is 0 Å². The highest BCUT2D eigenvalue weighted by Gasteiger charge is 2.35. The Kier molecular flexibility index (Phi) is 8.94. The van der Waals surface area contributed by atoms with Crippen LogP contribution in [0.4, 0.5) is 5.69 Å². The first kappa shape index (κ1) is 32.1. The van der Waals surface area contributed by atoms with Crippen molar-refractivity contribution in [2.75, 3.05) is 58.8 Å². The first-order valence-corrected chi connectivity index (χ1v) is 16.2. The molecular weight excluding hydrogens is 590 g/mol. The molecule has 6 rings (SSSR count). The summed E-state index contributed by atoms with van der Waals surface area (Å²) in [6.07, 6.45) is 3.33. The molecule has 2 aliphatic rings. The summed E-state index contributed by atoms with van der Waals surface area (Å²) in [4.78, 5) is 62.9. The number of imide groups is 2. The van der Waals surface area contributed by atoms with Crippen LogP contribution in [0.2, 0.25) is 0 Å². The highest BCUT2D eigenvalue weighted by molar-refractivity contribution is 6.27.